The quantitative estimate of drug-likeness (QED) is 0.0240. The molecule has 0 fully saturated rings. The first kappa shape index (κ1) is 59.5. The van der Waals surface area contributed by atoms with Gasteiger partial charge in [-0.05, 0) is 60.3 Å². The molecule has 2 aromatic carbocycles. The second-order valence-electron chi connectivity index (χ2n) is 24.5. The number of nitrogens with zero attached hydrogens (tertiary/aromatic N) is 7. The van der Waals surface area contributed by atoms with Crippen molar-refractivity contribution in [2.75, 3.05) is 19.8 Å². The summed E-state index contributed by atoms with van der Waals surface area (Å²) in [6.45, 7) is 27.1. The molecule has 1 aliphatic rings. The lowest BCUT2D eigenvalue weighted by Crippen LogP contribution is -2.38. The lowest BCUT2D eigenvalue weighted by atomic mass is 9.98. The van der Waals surface area contributed by atoms with E-state index in [0.717, 1.165) is 88.4 Å². The summed E-state index contributed by atoms with van der Waals surface area (Å²) < 4.78 is 40.3. The van der Waals surface area contributed by atoms with E-state index in [-0.39, 0.29) is 24.3 Å². The molecule has 0 bridgehead atoms. The molecule has 0 aliphatic carbocycles. The molecule has 0 amide bonds. The Morgan fingerprint density at radius 2 is 1.41 bits per heavy atom. The predicted octanol–water partition coefficient (Wildman–Crippen LogP) is 14.3. The number of aromatic nitrogens is 6. The summed E-state index contributed by atoms with van der Waals surface area (Å²) in [6, 6.07) is 13.3. The summed E-state index contributed by atoms with van der Waals surface area (Å²) in [5.41, 5.74) is 6.98. The monoisotopic (exact) mass is 1070 g/mol. The molecule has 4 heterocycles. The molecule has 410 valence electrons. The number of hydrogen-bond acceptors (Lipinski definition) is 9. The average molecular weight is 1070 g/mol. The van der Waals surface area contributed by atoms with Crippen molar-refractivity contribution in [3.05, 3.63) is 82.2 Å². The van der Waals surface area contributed by atoms with E-state index < -0.39 is 30.0 Å². The maximum atomic E-state index is 15.2. The highest BCUT2D eigenvalue weighted by molar-refractivity contribution is 6.77. The number of benzene rings is 2. The third kappa shape index (κ3) is 17.4. The molecule has 0 radical (unpaired) electrons. The molecule has 0 saturated heterocycles. The zero-order chi connectivity index (χ0) is 53.5. The minimum Gasteiger partial charge on any atom is -0.505 e. The molecule has 6 rings (SSSR count). The van der Waals surface area contributed by atoms with Gasteiger partial charge in [-0.2, -0.15) is 10.2 Å². The Morgan fingerprint density at radius 3 is 2.04 bits per heavy atom. The van der Waals surface area contributed by atoms with Gasteiger partial charge in [0, 0.05) is 73.3 Å². The Labute approximate surface area is 447 Å². The molecule has 12 nitrogen and oxygen atoms in total. The molecule has 5 aromatic rings. The molecular weight excluding hydrogens is 978 g/mol. The van der Waals surface area contributed by atoms with Gasteiger partial charge in [0.05, 0.1) is 49.4 Å². The molecule has 1 atom stereocenters. The number of phenols is 1. The number of ether oxygens (including phenoxy) is 3. The molecule has 1 aliphatic heterocycles. The van der Waals surface area contributed by atoms with E-state index >= 15 is 4.39 Å². The predicted molar refractivity (Wildman–Crippen MR) is 309 cm³/mol. The van der Waals surface area contributed by atoms with E-state index in [1.807, 2.05) is 37.0 Å². The summed E-state index contributed by atoms with van der Waals surface area (Å²) in [5, 5.41) is 21.3. The highest BCUT2D eigenvalue weighted by Crippen LogP contribution is 2.36. The number of hydrogen-bond donors (Lipinski definition) is 1. The Hall–Kier alpha value is -3.78. The van der Waals surface area contributed by atoms with Gasteiger partial charge < -0.3 is 23.9 Å². The summed E-state index contributed by atoms with van der Waals surface area (Å²) >= 11 is 0. The Kier molecular flexibility index (Phi) is 22.5. The fraction of sp³-hybridized carbons (Fsp3) is 0.655. The molecule has 3 aromatic heterocycles. The third-order valence-corrected chi connectivity index (χ3v) is 21.3. The largest absolute Gasteiger partial charge is 0.505 e. The number of Topliss-reactive ketones (excluding diaryl/α,β-unsaturated/α-hetero) is 1. The van der Waals surface area contributed by atoms with Gasteiger partial charge in [0.25, 0.3) is 0 Å². The first-order valence-corrected chi connectivity index (χ1v) is 39.2. The van der Waals surface area contributed by atoms with Crippen LogP contribution in [-0.4, -0.2) is 95.0 Å². The van der Waals surface area contributed by atoms with Gasteiger partial charge in [0.1, 0.15) is 19.2 Å². The Bertz CT molecular complexity index is 2540. The van der Waals surface area contributed by atoms with Crippen molar-refractivity contribution in [3.63, 3.8) is 0 Å². The second-order valence-corrected chi connectivity index (χ2v) is 40.9. The lowest BCUT2D eigenvalue weighted by molar-refractivity contribution is 0.0760. The van der Waals surface area contributed by atoms with Crippen LogP contribution in [0.4, 0.5) is 4.39 Å². The molecule has 1 N–H and O–H groups in total. The SMILES string of the molecule is CCCCCCCCCCCCCCC(C(=O)c1cnn(C)c1)N1Cc2nc(-c3nn(COCC[Si](C)(C)Cc4cc(F)c(O)c(CC)c4COCC[Si](C)(C)C)c4ccccc34)n(COCC[Si](C)(C)C)c2C1. The number of unbranched alkanes of at least 4 members (excludes halogenated alkanes) is 11. The highest BCUT2D eigenvalue weighted by atomic mass is 28.3. The van der Waals surface area contributed by atoms with Crippen molar-refractivity contribution in [2.45, 2.75) is 219 Å². The second kappa shape index (κ2) is 28.0. The molecule has 1 unspecified atom stereocenters. The van der Waals surface area contributed by atoms with E-state index in [1.165, 1.54) is 70.3 Å². The molecule has 0 spiro atoms. The van der Waals surface area contributed by atoms with Gasteiger partial charge in [0.2, 0.25) is 0 Å². The van der Waals surface area contributed by atoms with E-state index in [0.29, 0.717) is 63.8 Å². The van der Waals surface area contributed by atoms with Crippen LogP contribution in [0.1, 0.15) is 136 Å². The number of para-hydroxylation sites is 1. The Balaban J connectivity index is 1.15. The van der Waals surface area contributed by atoms with Gasteiger partial charge in [0.15, 0.2) is 23.2 Å². The van der Waals surface area contributed by atoms with Crippen molar-refractivity contribution >= 4 is 40.9 Å². The Morgan fingerprint density at radius 1 is 0.784 bits per heavy atom. The summed E-state index contributed by atoms with van der Waals surface area (Å²) in [4.78, 5) is 22.1. The minimum absolute atomic E-state index is 0.128. The van der Waals surface area contributed by atoms with Gasteiger partial charge in [-0.3, -0.25) is 14.4 Å². The number of halogens is 1. The number of aromatic hydroxyl groups is 1. The number of phenolic OH excluding ortho intramolecular Hbond substituents is 1. The van der Waals surface area contributed by atoms with Crippen LogP contribution >= 0.6 is 0 Å². The smallest absolute Gasteiger partial charge is 0.183 e. The average Bonchev–Trinajstić information content (AvgIpc) is 4.13. The molecule has 74 heavy (non-hydrogen) atoms. The first-order chi connectivity index (χ1) is 35.3. The van der Waals surface area contributed by atoms with Crippen LogP contribution in [0.3, 0.4) is 0 Å². The van der Waals surface area contributed by atoms with Gasteiger partial charge in [-0.15, -0.1) is 0 Å². The number of ketones is 1. The number of carbonyl (C=O) groups is 1. The van der Waals surface area contributed by atoms with Crippen LogP contribution in [0.25, 0.3) is 22.4 Å². The molecule has 0 saturated carbocycles. The van der Waals surface area contributed by atoms with E-state index in [1.54, 1.807) is 10.9 Å². The van der Waals surface area contributed by atoms with Crippen LogP contribution in [0.2, 0.25) is 70.5 Å². The molecule has 16 heteroatoms. The summed E-state index contributed by atoms with van der Waals surface area (Å²) in [7, 11) is -2.72. The fourth-order valence-electron chi connectivity index (χ4n) is 10.3. The highest BCUT2D eigenvalue weighted by Gasteiger charge is 2.36. The standard InChI is InChI=1S/C58H94FN7O5Si3/c1-12-14-15-16-17-18-19-20-21-22-23-24-29-53(56(67)46-37-60-63(3)38-46)64-39-51-54(40-64)65(43-70-31-34-73(7,8)9)58(61-51)55-48-27-25-26-28-52(48)66(62-55)44-71-32-35-74(10,11)42-45-36-50(59)57(68)47(13-2)49(45)41-69-30-33-72(4,5)6/h25-28,36-38,53,68H,12-24,29-35,39-44H2,1-11H3. The zero-order valence-electron chi connectivity index (χ0n) is 47.6. The maximum absolute atomic E-state index is 15.2. The number of carbonyl (C=O) groups excluding carboxylic acids is 1. The summed E-state index contributed by atoms with van der Waals surface area (Å²) in [5.74, 6) is 0.0915. The van der Waals surface area contributed by atoms with Crippen molar-refractivity contribution in [3.8, 4) is 17.3 Å². The van der Waals surface area contributed by atoms with Crippen molar-refractivity contribution in [1.82, 2.24) is 34.0 Å². The first-order valence-electron chi connectivity index (χ1n) is 28.4. The number of aryl methyl sites for hydroxylation is 1. The van der Waals surface area contributed by atoms with Crippen LogP contribution < -0.4 is 0 Å². The van der Waals surface area contributed by atoms with Crippen LogP contribution in [-0.2, 0) is 66.9 Å². The third-order valence-electron chi connectivity index (χ3n) is 15.0. The normalized spacial score (nSPS) is 13.9. The van der Waals surface area contributed by atoms with Crippen molar-refractivity contribution in [2.24, 2.45) is 7.05 Å². The van der Waals surface area contributed by atoms with Gasteiger partial charge in [-0.1, -0.05) is 161 Å². The van der Waals surface area contributed by atoms with Crippen molar-refractivity contribution < 1.29 is 28.5 Å². The zero-order valence-corrected chi connectivity index (χ0v) is 50.6. The minimum atomic E-state index is -1.97. The van der Waals surface area contributed by atoms with Crippen LogP contribution in [0.15, 0.2) is 42.7 Å². The lowest BCUT2D eigenvalue weighted by Gasteiger charge is -2.26. The van der Waals surface area contributed by atoms with E-state index in [9.17, 15) is 9.90 Å². The van der Waals surface area contributed by atoms with Gasteiger partial charge >= 0.3 is 0 Å². The van der Waals surface area contributed by atoms with E-state index in [2.05, 4.69) is 86.0 Å². The van der Waals surface area contributed by atoms with Crippen molar-refractivity contribution in [1.29, 1.82) is 0 Å². The number of rotatable bonds is 35. The topological polar surface area (TPSA) is 122 Å². The van der Waals surface area contributed by atoms with E-state index in [4.69, 9.17) is 24.3 Å². The number of imidazole rings is 1. The maximum Gasteiger partial charge on any atom is 0.183 e. The van der Waals surface area contributed by atoms with Crippen LogP contribution in [0, 0.1) is 5.82 Å². The molecular formula is C58H94FN7O5Si3. The number of fused-ring (bicyclic) bond motifs is 2. The van der Waals surface area contributed by atoms with Gasteiger partial charge in [-0.25, -0.2) is 14.1 Å². The fourth-order valence-corrected chi connectivity index (χ4v) is 14.0. The summed E-state index contributed by atoms with van der Waals surface area (Å²) in [6.07, 6.45) is 20.2. The van der Waals surface area contributed by atoms with Crippen LogP contribution in [0.5, 0.6) is 5.75 Å².